The molecule has 4 rings (SSSR count). The lowest BCUT2D eigenvalue weighted by atomic mass is 10.1. The second-order valence-electron chi connectivity index (χ2n) is 7.18. The predicted molar refractivity (Wildman–Crippen MR) is 111 cm³/mol. The molecule has 1 aliphatic rings. The third kappa shape index (κ3) is 3.74. The first-order valence-electron chi connectivity index (χ1n) is 9.60. The van der Waals surface area contributed by atoms with Crippen LogP contribution in [0, 0.1) is 6.92 Å². The predicted octanol–water partition coefficient (Wildman–Crippen LogP) is 3.33. The third-order valence-corrected chi connectivity index (χ3v) is 5.16. The molecular weight excluding hydrogens is 364 g/mol. The molecule has 1 atom stereocenters. The molecule has 29 heavy (non-hydrogen) atoms. The topological polar surface area (TPSA) is 66.4 Å². The highest BCUT2D eigenvalue weighted by molar-refractivity contribution is 6.02. The Morgan fingerprint density at radius 2 is 1.69 bits per heavy atom. The summed E-state index contributed by atoms with van der Waals surface area (Å²) in [6.45, 7) is 4.24. The largest absolute Gasteiger partial charge is 0.325 e. The second-order valence-corrected chi connectivity index (χ2v) is 7.18. The van der Waals surface area contributed by atoms with E-state index in [1.165, 1.54) is 0 Å². The van der Waals surface area contributed by atoms with Gasteiger partial charge in [0.25, 0.3) is 5.91 Å². The smallest absolute Gasteiger partial charge is 0.258 e. The number of nitrogens with zero attached hydrogens (tertiary/aromatic N) is 4. The molecule has 0 unspecified atom stereocenters. The van der Waals surface area contributed by atoms with Crippen LogP contribution in [0.1, 0.15) is 23.0 Å². The lowest BCUT2D eigenvalue weighted by Crippen LogP contribution is -2.57. The first kappa shape index (κ1) is 18.8. The van der Waals surface area contributed by atoms with Crippen molar-refractivity contribution in [3.8, 4) is 11.4 Å². The van der Waals surface area contributed by atoms with Gasteiger partial charge in [0.15, 0.2) is 5.82 Å². The molecule has 1 aromatic heterocycles. The number of carbonyl (C=O) groups is 2. The minimum absolute atomic E-state index is 0.0365. The monoisotopic (exact) mass is 386 g/mol. The quantitative estimate of drug-likeness (QED) is 0.693. The van der Waals surface area contributed by atoms with E-state index in [0.717, 1.165) is 11.3 Å². The summed E-state index contributed by atoms with van der Waals surface area (Å²) in [7, 11) is 0. The summed E-state index contributed by atoms with van der Waals surface area (Å²) in [5.41, 5.74) is 2.78. The Morgan fingerprint density at radius 3 is 2.34 bits per heavy atom. The number of para-hydroxylation sites is 1. The molecule has 0 N–H and O–H groups in total. The standard InChI is InChI=1S/C23H22N4O2/c1-16-14-27(19-11-7-4-8-12-19)21(28)15-26(16)23(29)20-13-24-22(25-17(20)2)18-9-5-3-6-10-18/h3-13,16H,14-15H2,1-2H3/t16-/m1/s1. The maximum Gasteiger partial charge on any atom is 0.258 e. The molecule has 3 aromatic rings. The molecule has 1 aliphatic heterocycles. The summed E-state index contributed by atoms with van der Waals surface area (Å²) >= 11 is 0. The zero-order valence-corrected chi connectivity index (χ0v) is 16.4. The molecular formula is C23H22N4O2. The number of aryl methyl sites for hydroxylation is 1. The fourth-order valence-corrected chi connectivity index (χ4v) is 3.54. The minimum atomic E-state index is -0.212. The molecule has 0 spiro atoms. The number of piperazine rings is 1. The number of hydrogen-bond donors (Lipinski definition) is 0. The van der Waals surface area contributed by atoms with E-state index in [1.807, 2.05) is 67.6 Å². The number of rotatable bonds is 3. The van der Waals surface area contributed by atoms with Gasteiger partial charge in [0.1, 0.15) is 6.54 Å². The Labute approximate surface area is 169 Å². The number of aromatic nitrogens is 2. The van der Waals surface area contributed by atoms with E-state index in [2.05, 4.69) is 9.97 Å². The summed E-state index contributed by atoms with van der Waals surface area (Å²) in [6.07, 6.45) is 1.56. The van der Waals surface area contributed by atoms with E-state index >= 15 is 0 Å². The highest BCUT2D eigenvalue weighted by Crippen LogP contribution is 2.22. The van der Waals surface area contributed by atoms with Gasteiger partial charge in [0.2, 0.25) is 5.91 Å². The van der Waals surface area contributed by atoms with Crippen LogP contribution in [0.5, 0.6) is 0 Å². The van der Waals surface area contributed by atoms with Gasteiger partial charge < -0.3 is 9.80 Å². The Bertz CT molecular complexity index is 1040. The van der Waals surface area contributed by atoms with Crippen molar-refractivity contribution in [3.63, 3.8) is 0 Å². The molecule has 6 nitrogen and oxygen atoms in total. The zero-order chi connectivity index (χ0) is 20.4. The number of anilines is 1. The normalized spacial score (nSPS) is 16.8. The first-order chi connectivity index (χ1) is 14.0. The van der Waals surface area contributed by atoms with Crippen LogP contribution in [-0.4, -0.2) is 45.8 Å². The first-order valence-corrected chi connectivity index (χ1v) is 9.60. The second kappa shape index (κ2) is 7.83. The SMILES string of the molecule is Cc1nc(-c2ccccc2)ncc1C(=O)N1CC(=O)N(c2ccccc2)C[C@H]1C. The highest BCUT2D eigenvalue weighted by Gasteiger charge is 2.34. The summed E-state index contributed by atoms with van der Waals surface area (Å²) in [5, 5.41) is 0. The number of carbonyl (C=O) groups excluding carboxylic acids is 2. The van der Waals surface area contributed by atoms with Crippen molar-refractivity contribution in [3.05, 3.63) is 78.1 Å². The van der Waals surface area contributed by atoms with Gasteiger partial charge in [-0.2, -0.15) is 0 Å². The number of amides is 2. The van der Waals surface area contributed by atoms with Gasteiger partial charge in [-0.25, -0.2) is 9.97 Å². The highest BCUT2D eigenvalue weighted by atomic mass is 16.2. The van der Waals surface area contributed by atoms with Gasteiger partial charge in [0, 0.05) is 30.0 Å². The van der Waals surface area contributed by atoms with Crippen LogP contribution in [-0.2, 0) is 4.79 Å². The van der Waals surface area contributed by atoms with Crippen molar-refractivity contribution in [1.29, 1.82) is 0 Å². The van der Waals surface area contributed by atoms with Gasteiger partial charge in [-0.05, 0) is 26.0 Å². The van der Waals surface area contributed by atoms with Crippen molar-refractivity contribution < 1.29 is 9.59 Å². The minimum Gasteiger partial charge on any atom is -0.325 e. The molecule has 2 amide bonds. The summed E-state index contributed by atoms with van der Waals surface area (Å²) in [5.74, 6) is 0.274. The van der Waals surface area contributed by atoms with Crippen LogP contribution in [0.3, 0.4) is 0 Å². The van der Waals surface area contributed by atoms with Crippen molar-refractivity contribution in [2.75, 3.05) is 18.0 Å². The Kier molecular flexibility index (Phi) is 5.08. The lowest BCUT2D eigenvalue weighted by molar-refractivity contribution is -0.121. The molecule has 2 heterocycles. The van der Waals surface area contributed by atoms with Crippen LogP contribution in [0.25, 0.3) is 11.4 Å². The molecule has 6 heteroatoms. The lowest BCUT2D eigenvalue weighted by Gasteiger charge is -2.39. The van der Waals surface area contributed by atoms with E-state index in [0.29, 0.717) is 23.6 Å². The van der Waals surface area contributed by atoms with Crippen LogP contribution in [0.15, 0.2) is 66.9 Å². The molecule has 1 fully saturated rings. The molecule has 2 aromatic carbocycles. The Balaban J connectivity index is 1.55. The average Bonchev–Trinajstić information content (AvgIpc) is 2.76. The van der Waals surface area contributed by atoms with Crippen molar-refractivity contribution in [2.24, 2.45) is 0 Å². The maximum atomic E-state index is 13.1. The number of benzene rings is 2. The molecule has 0 saturated carbocycles. The van der Waals surface area contributed by atoms with Crippen LogP contribution < -0.4 is 4.90 Å². The van der Waals surface area contributed by atoms with Gasteiger partial charge >= 0.3 is 0 Å². The van der Waals surface area contributed by atoms with Gasteiger partial charge in [-0.3, -0.25) is 9.59 Å². The molecule has 1 saturated heterocycles. The summed E-state index contributed by atoms with van der Waals surface area (Å²) in [6, 6.07) is 19.1. The van der Waals surface area contributed by atoms with Crippen LogP contribution >= 0.6 is 0 Å². The van der Waals surface area contributed by atoms with E-state index in [4.69, 9.17) is 0 Å². The van der Waals surface area contributed by atoms with Gasteiger partial charge in [-0.15, -0.1) is 0 Å². The van der Waals surface area contributed by atoms with Crippen LogP contribution in [0.4, 0.5) is 5.69 Å². The fourth-order valence-electron chi connectivity index (χ4n) is 3.54. The van der Waals surface area contributed by atoms with E-state index in [-0.39, 0.29) is 24.4 Å². The summed E-state index contributed by atoms with van der Waals surface area (Å²) < 4.78 is 0. The van der Waals surface area contributed by atoms with E-state index < -0.39 is 0 Å². The third-order valence-electron chi connectivity index (χ3n) is 5.16. The molecule has 0 radical (unpaired) electrons. The molecule has 0 aliphatic carbocycles. The fraction of sp³-hybridized carbons (Fsp3) is 0.217. The van der Waals surface area contributed by atoms with E-state index in [9.17, 15) is 9.59 Å². The molecule has 146 valence electrons. The maximum absolute atomic E-state index is 13.1. The van der Waals surface area contributed by atoms with Crippen molar-refractivity contribution in [2.45, 2.75) is 19.9 Å². The Hall–Kier alpha value is -3.54. The van der Waals surface area contributed by atoms with Crippen LogP contribution in [0.2, 0.25) is 0 Å². The van der Waals surface area contributed by atoms with Gasteiger partial charge in [0.05, 0.1) is 11.3 Å². The average molecular weight is 386 g/mol. The van der Waals surface area contributed by atoms with E-state index in [1.54, 1.807) is 22.9 Å². The summed E-state index contributed by atoms with van der Waals surface area (Å²) in [4.78, 5) is 38.1. The zero-order valence-electron chi connectivity index (χ0n) is 16.4. The van der Waals surface area contributed by atoms with Crippen molar-refractivity contribution in [1.82, 2.24) is 14.9 Å². The van der Waals surface area contributed by atoms with Crippen molar-refractivity contribution >= 4 is 17.5 Å². The van der Waals surface area contributed by atoms with Gasteiger partial charge in [-0.1, -0.05) is 48.5 Å². The number of hydrogen-bond acceptors (Lipinski definition) is 4. The molecule has 0 bridgehead atoms. The Morgan fingerprint density at radius 1 is 1.03 bits per heavy atom.